The Labute approximate surface area is 87.5 Å². The fourth-order valence-electron chi connectivity index (χ4n) is 1.44. The number of carbonyl (C=O) groups excluding carboxylic acids is 1. The van der Waals surface area contributed by atoms with E-state index in [1.807, 2.05) is 0 Å². The van der Waals surface area contributed by atoms with Gasteiger partial charge in [-0.1, -0.05) is 0 Å². The maximum absolute atomic E-state index is 11.3. The van der Waals surface area contributed by atoms with Crippen molar-refractivity contribution >= 4 is 15.9 Å². The summed E-state index contributed by atoms with van der Waals surface area (Å²) in [7, 11) is -3.72. The third kappa shape index (κ3) is 3.13. The highest BCUT2D eigenvalue weighted by atomic mass is 32.2. The normalized spacial score (nSPS) is 24.6. The number of sulfonamides is 1. The molecule has 0 aromatic heterocycles. The Morgan fingerprint density at radius 3 is 2.60 bits per heavy atom. The monoisotopic (exact) mass is 238 g/mol. The lowest BCUT2D eigenvalue weighted by molar-refractivity contribution is -0.129. The van der Waals surface area contributed by atoms with Crippen LogP contribution in [0.1, 0.15) is 6.42 Å². The number of carbonyl (C=O) groups is 1. The molecule has 0 aliphatic carbocycles. The smallest absolute Gasteiger partial charge is 0.224 e. The second-order valence-electron chi connectivity index (χ2n) is 3.55. The molecule has 0 saturated carbocycles. The maximum atomic E-state index is 11.3. The van der Waals surface area contributed by atoms with Crippen LogP contribution in [-0.2, 0) is 14.8 Å². The predicted octanol–water partition coefficient (Wildman–Crippen LogP) is -2.77. The predicted molar refractivity (Wildman–Crippen MR) is 51.2 cm³/mol. The number of β-amino-alcohol motifs (C(OH)–C–C–N with tert-alkyl or cyclic N) is 1. The minimum Gasteiger partial charge on any atom is -0.394 e. The molecule has 2 unspecified atom stereocenters. The summed E-state index contributed by atoms with van der Waals surface area (Å²) in [6.07, 6.45) is -1.20. The molecular weight excluding hydrogens is 224 g/mol. The molecule has 2 atom stereocenters. The Kier molecular flexibility index (Phi) is 3.66. The highest BCUT2D eigenvalue weighted by molar-refractivity contribution is 7.89. The summed E-state index contributed by atoms with van der Waals surface area (Å²) in [5.74, 6) is -0.374. The molecule has 0 bridgehead atoms. The molecule has 1 fully saturated rings. The van der Waals surface area contributed by atoms with E-state index in [1.165, 1.54) is 4.90 Å². The van der Waals surface area contributed by atoms with E-state index >= 15 is 0 Å². The molecule has 1 heterocycles. The molecule has 15 heavy (non-hydrogen) atoms. The molecule has 1 amide bonds. The molecule has 1 rings (SSSR count). The lowest BCUT2D eigenvalue weighted by Crippen LogP contribution is -2.37. The van der Waals surface area contributed by atoms with Crippen molar-refractivity contribution in [3.63, 3.8) is 0 Å². The van der Waals surface area contributed by atoms with Crippen LogP contribution in [-0.4, -0.2) is 60.5 Å². The fraction of sp³-hybridized carbons (Fsp3) is 0.857. The third-order valence-corrected chi connectivity index (χ3v) is 3.53. The molecule has 0 aromatic rings. The Morgan fingerprint density at radius 1 is 1.60 bits per heavy atom. The van der Waals surface area contributed by atoms with Crippen molar-refractivity contribution < 1.29 is 23.4 Å². The zero-order valence-corrected chi connectivity index (χ0v) is 8.85. The number of aliphatic hydroxyl groups is 2. The second-order valence-corrected chi connectivity index (χ2v) is 5.39. The van der Waals surface area contributed by atoms with Crippen LogP contribution in [0.5, 0.6) is 0 Å². The van der Waals surface area contributed by atoms with E-state index in [-0.39, 0.29) is 25.4 Å². The van der Waals surface area contributed by atoms with Gasteiger partial charge in [-0.15, -0.1) is 0 Å². The van der Waals surface area contributed by atoms with Gasteiger partial charge in [0.1, 0.15) is 5.25 Å². The molecule has 8 heteroatoms. The number of hydrogen-bond acceptors (Lipinski definition) is 5. The average Bonchev–Trinajstić information content (AvgIpc) is 2.47. The molecule has 0 radical (unpaired) electrons. The van der Waals surface area contributed by atoms with Crippen molar-refractivity contribution in [1.29, 1.82) is 0 Å². The van der Waals surface area contributed by atoms with E-state index in [0.29, 0.717) is 0 Å². The van der Waals surface area contributed by atoms with Crippen LogP contribution in [0.4, 0.5) is 0 Å². The lowest BCUT2D eigenvalue weighted by Gasteiger charge is -2.18. The fourth-order valence-corrected chi connectivity index (χ4v) is 2.21. The highest BCUT2D eigenvalue weighted by Crippen LogP contribution is 2.16. The molecule has 1 saturated heterocycles. The van der Waals surface area contributed by atoms with Crippen molar-refractivity contribution in [3.05, 3.63) is 0 Å². The van der Waals surface area contributed by atoms with E-state index in [9.17, 15) is 13.2 Å². The van der Waals surface area contributed by atoms with E-state index in [0.717, 1.165) is 0 Å². The van der Waals surface area contributed by atoms with Crippen LogP contribution in [0, 0.1) is 0 Å². The Morgan fingerprint density at radius 2 is 2.20 bits per heavy atom. The number of primary sulfonamides is 1. The molecule has 4 N–H and O–H groups in total. The van der Waals surface area contributed by atoms with Crippen molar-refractivity contribution in [2.75, 3.05) is 19.7 Å². The number of hydrogen-bond donors (Lipinski definition) is 3. The summed E-state index contributed by atoms with van der Waals surface area (Å²) < 4.78 is 21.9. The Balaban J connectivity index is 2.61. The number of aliphatic hydroxyl groups excluding tert-OH is 2. The number of likely N-dealkylation sites (tertiary alicyclic amines) is 1. The van der Waals surface area contributed by atoms with E-state index in [2.05, 4.69) is 0 Å². The quantitative estimate of drug-likeness (QED) is 0.489. The number of nitrogens with zero attached hydrogens (tertiary/aromatic N) is 1. The largest absolute Gasteiger partial charge is 0.394 e. The van der Waals surface area contributed by atoms with Gasteiger partial charge in [-0.05, 0) is 0 Å². The summed E-state index contributed by atoms with van der Waals surface area (Å²) >= 11 is 0. The van der Waals surface area contributed by atoms with Crippen molar-refractivity contribution in [2.24, 2.45) is 5.14 Å². The second kappa shape index (κ2) is 4.44. The van der Waals surface area contributed by atoms with Gasteiger partial charge >= 0.3 is 0 Å². The number of amides is 1. The third-order valence-electron chi connectivity index (χ3n) is 2.29. The Hall–Kier alpha value is -0.700. The van der Waals surface area contributed by atoms with Gasteiger partial charge in [-0.25, -0.2) is 13.6 Å². The van der Waals surface area contributed by atoms with Gasteiger partial charge in [0.25, 0.3) is 0 Å². The number of rotatable bonds is 4. The van der Waals surface area contributed by atoms with E-state index in [1.54, 1.807) is 0 Å². The molecule has 1 aliphatic rings. The summed E-state index contributed by atoms with van der Waals surface area (Å²) in [6, 6.07) is 0. The van der Waals surface area contributed by atoms with Gasteiger partial charge < -0.3 is 15.1 Å². The number of nitrogens with two attached hydrogens (primary N) is 1. The summed E-state index contributed by atoms with van der Waals surface area (Å²) in [4.78, 5) is 12.5. The van der Waals surface area contributed by atoms with E-state index in [4.69, 9.17) is 15.4 Å². The topological polar surface area (TPSA) is 121 Å². The van der Waals surface area contributed by atoms with Crippen LogP contribution in [0.2, 0.25) is 0 Å². The first-order chi connectivity index (χ1) is 6.84. The average molecular weight is 238 g/mol. The van der Waals surface area contributed by atoms with Gasteiger partial charge in [-0.2, -0.15) is 0 Å². The molecular formula is C7H14N2O5S. The molecule has 1 aliphatic heterocycles. The Bertz CT molecular complexity index is 341. The van der Waals surface area contributed by atoms with Gasteiger partial charge in [0, 0.05) is 19.5 Å². The molecule has 0 aromatic carbocycles. The van der Waals surface area contributed by atoms with Crippen LogP contribution in [0.15, 0.2) is 0 Å². The van der Waals surface area contributed by atoms with Crippen molar-refractivity contribution in [2.45, 2.75) is 17.8 Å². The van der Waals surface area contributed by atoms with Crippen LogP contribution < -0.4 is 5.14 Å². The summed E-state index contributed by atoms with van der Waals surface area (Å²) in [6.45, 7) is -0.556. The summed E-state index contributed by atoms with van der Waals surface area (Å²) in [5.41, 5.74) is 0. The van der Waals surface area contributed by atoms with Crippen LogP contribution in [0.3, 0.4) is 0 Å². The van der Waals surface area contributed by atoms with Crippen LogP contribution in [0.25, 0.3) is 0 Å². The van der Waals surface area contributed by atoms with Crippen molar-refractivity contribution in [3.8, 4) is 0 Å². The summed E-state index contributed by atoms with van der Waals surface area (Å²) in [5, 5.41) is 21.7. The zero-order valence-electron chi connectivity index (χ0n) is 8.04. The first-order valence-corrected chi connectivity index (χ1v) is 6.04. The highest BCUT2D eigenvalue weighted by Gasteiger charge is 2.36. The SMILES string of the molecule is NS(=O)(=O)C1CC(=O)N(CC(O)CO)C1. The maximum Gasteiger partial charge on any atom is 0.224 e. The standard InChI is InChI=1S/C7H14N2O5S/c8-15(13,14)6-1-7(12)9(3-6)2-5(11)4-10/h5-6,10-11H,1-4H2,(H2,8,13,14). The van der Waals surface area contributed by atoms with Gasteiger partial charge in [0.15, 0.2) is 0 Å². The van der Waals surface area contributed by atoms with Gasteiger partial charge in [-0.3, -0.25) is 4.79 Å². The minimum absolute atomic E-state index is 0.0191. The molecule has 88 valence electrons. The van der Waals surface area contributed by atoms with E-state index < -0.39 is 28.0 Å². The molecule has 0 spiro atoms. The minimum atomic E-state index is -3.72. The molecule has 7 nitrogen and oxygen atoms in total. The van der Waals surface area contributed by atoms with Gasteiger partial charge in [0.2, 0.25) is 15.9 Å². The van der Waals surface area contributed by atoms with Crippen LogP contribution >= 0.6 is 0 Å². The van der Waals surface area contributed by atoms with Crippen molar-refractivity contribution in [1.82, 2.24) is 4.90 Å². The first kappa shape index (κ1) is 12.4. The van der Waals surface area contributed by atoms with Gasteiger partial charge in [0.05, 0.1) is 12.7 Å². The lowest BCUT2D eigenvalue weighted by atomic mass is 10.3. The first-order valence-electron chi connectivity index (χ1n) is 4.43. The zero-order chi connectivity index (χ0) is 11.6.